The first-order valence-corrected chi connectivity index (χ1v) is 12.0. The Bertz CT molecular complexity index is 1340. The number of ether oxygens (including phenoxy) is 1. The van der Waals surface area contributed by atoms with Crippen LogP contribution in [0, 0.1) is 0 Å². The zero-order chi connectivity index (χ0) is 25.3. The number of carbonyl (C=O) groups excluding carboxylic acids is 1. The number of thiocarbonyl (C=S) groups is 1. The van der Waals surface area contributed by atoms with Crippen molar-refractivity contribution >= 4 is 86.7 Å². The second kappa shape index (κ2) is 10.7. The summed E-state index contributed by atoms with van der Waals surface area (Å²) in [5.41, 5.74) is 0.856. The third-order valence-corrected chi connectivity index (χ3v) is 7.15. The standard InChI is InChI=1S/C23H16Cl4N4O3S/c1-34-17-11-3-2-9-15(17)30-21(32)20(29-28-14-8-4-6-12(24)18(14)26)22(33)31(23(30)35)16-10-5-7-13(25)19(16)27/h2-11,20-21,32H,1H3. The molecule has 12 heteroatoms. The molecule has 3 aromatic rings. The van der Waals surface area contributed by atoms with Crippen molar-refractivity contribution in [3.05, 3.63) is 80.8 Å². The van der Waals surface area contributed by atoms with Crippen LogP contribution in [0.5, 0.6) is 5.75 Å². The second-order valence-electron chi connectivity index (χ2n) is 7.22. The highest BCUT2D eigenvalue weighted by Gasteiger charge is 2.47. The Labute approximate surface area is 226 Å². The largest absolute Gasteiger partial charge is 0.495 e. The predicted molar refractivity (Wildman–Crippen MR) is 143 cm³/mol. The van der Waals surface area contributed by atoms with Gasteiger partial charge in [0, 0.05) is 0 Å². The molecule has 0 bridgehead atoms. The van der Waals surface area contributed by atoms with Gasteiger partial charge in [0.15, 0.2) is 17.4 Å². The van der Waals surface area contributed by atoms with Crippen LogP contribution in [0.1, 0.15) is 0 Å². The average molecular weight is 570 g/mol. The summed E-state index contributed by atoms with van der Waals surface area (Å²) in [5.74, 6) is -0.256. The molecule has 1 heterocycles. The Morgan fingerprint density at radius 3 is 2.26 bits per heavy atom. The topological polar surface area (TPSA) is 77.7 Å². The van der Waals surface area contributed by atoms with Gasteiger partial charge in [0.2, 0.25) is 0 Å². The number of halogens is 4. The summed E-state index contributed by atoms with van der Waals surface area (Å²) in [4.78, 5) is 16.1. The SMILES string of the molecule is COc1ccccc1N1C(=S)N(c2cccc(Cl)c2Cl)C(=O)C(N=Nc2cccc(Cl)c2Cl)C1O. The molecule has 0 spiro atoms. The molecule has 3 aromatic carbocycles. The number of azo groups is 1. The fourth-order valence-electron chi connectivity index (χ4n) is 3.48. The van der Waals surface area contributed by atoms with Crippen molar-refractivity contribution < 1.29 is 14.6 Å². The summed E-state index contributed by atoms with van der Waals surface area (Å²) in [6.45, 7) is 0. The van der Waals surface area contributed by atoms with Crippen LogP contribution in [0.3, 0.4) is 0 Å². The van der Waals surface area contributed by atoms with Gasteiger partial charge in [-0.3, -0.25) is 14.6 Å². The fraction of sp³-hybridized carbons (Fsp3) is 0.130. The van der Waals surface area contributed by atoms with Gasteiger partial charge in [-0.2, -0.15) is 10.2 Å². The third-order valence-electron chi connectivity index (χ3n) is 5.16. The third kappa shape index (κ3) is 4.82. The summed E-state index contributed by atoms with van der Waals surface area (Å²) in [5, 5.41) is 20.2. The maximum Gasteiger partial charge on any atom is 0.264 e. The van der Waals surface area contributed by atoms with Crippen molar-refractivity contribution in [2.24, 2.45) is 10.2 Å². The molecule has 0 saturated carbocycles. The van der Waals surface area contributed by atoms with Crippen LogP contribution in [-0.4, -0.2) is 35.5 Å². The normalized spacial score (nSPS) is 18.5. The van der Waals surface area contributed by atoms with E-state index in [1.165, 1.54) is 12.0 Å². The van der Waals surface area contributed by atoms with E-state index in [1.54, 1.807) is 60.7 Å². The van der Waals surface area contributed by atoms with Gasteiger partial charge in [0.25, 0.3) is 5.91 Å². The molecule has 2 unspecified atom stereocenters. The molecule has 1 aliphatic heterocycles. The van der Waals surface area contributed by atoms with Gasteiger partial charge >= 0.3 is 0 Å². The summed E-state index contributed by atoms with van der Waals surface area (Å²) < 4.78 is 5.45. The van der Waals surface area contributed by atoms with Crippen molar-refractivity contribution in [1.29, 1.82) is 0 Å². The van der Waals surface area contributed by atoms with Crippen molar-refractivity contribution in [3.63, 3.8) is 0 Å². The summed E-state index contributed by atoms with van der Waals surface area (Å²) in [7, 11) is 1.48. The number of nitrogens with zero attached hydrogens (tertiary/aromatic N) is 4. The van der Waals surface area contributed by atoms with Gasteiger partial charge in [0.05, 0.1) is 38.6 Å². The van der Waals surface area contributed by atoms with E-state index in [4.69, 9.17) is 63.4 Å². The molecule has 1 aliphatic rings. The Balaban J connectivity index is 1.86. The van der Waals surface area contributed by atoms with Gasteiger partial charge in [-0.15, -0.1) is 0 Å². The summed E-state index contributed by atoms with van der Waals surface area (Å²) in [6.07, 6.45) is -1.53. The molecular formula is C23H16Cl4N4O3S. The first-order chi connectivity index (χ1) is 16.8. The number of aliphatic hydroxyl groups excluding tert-OH is 1. The number of carbonyl (C=O) groups is 1. The number of anilines is 2. The zero-order valence-electron chi connectivity index (χ0n) is 17.9. The Hall–Kier alpha value is -2.46. The lowest BCUT2D eigenvalue weighted by atomic mass is 10.1. The summed E-state index contributed by atoms with van der Waals surface area (Å²) in [6, 6.07) is 15.0. The van der Waals surface area contributed by atoms with Crippen LogP contribution in [0.4, 0.5) is 17.1 Å². The highest BCUT2D eigenvalue weighted by Crippen LogP contribution is 2.40. The number of benzene rings is 3. The van der Waals surface area contributed by atoms with Crippen LogP contribution in [-0.2, 0) is 4.79 Å². The molecule has 1 N–H and O–H groups in total. The van der Waals surface area contributed by atoms with Crippen molar-refractivity contribution in [2.45, 2.75) is 12.3 Å². The average Bonchev–Trinajstić information content (AvgIpc) is 2.84. The highest BCUT2D eigenvalue weighted by atomic mass is 35.5. The Kier molecular flexibility index (Phi) is 7.80. The Morgan fingerprint density at radius 1 is 0.914 bits per heavy atom. The lowest BCUT2D eigenvalue weighted by Crippen LogP contribution is -2.64. The molecule has 2 atom stereocenters. The molecule has 1 amide bonds. The lowest BCUT2D eigenvalue weighted by Gasteiger charge is -2.43. The minimum Gasteiger partial charge on any atom is -0.495 e. The van der Waals surface area contributed by atoms with Crippen LogP contribution in [0.15, 0.2) is 70.9 Å². The Morgan fingerprint density at radius 2 is 1.54 bits per heavy atom. The lowest BCUT2D eigenvalue weighted by molar-refractivity contribution is -0.121. The number of para-hydroxylation sites is 2. The van der Waals surface area contributed by atoms with Gasteiger partial charge < -0.3 is 9.84 Å². The molecular weight excluding hydrogens is 554 g/mol. The van der Waals surface area contributed by atoms with Crippen LogP contribution in [0.25, 0.3) is 0 Å². The van der Waals surface area contributed by atoms with Crippen molar-refractivity contribution in [1.82, 2.24) is 0 Å². The van der Waals surface area contributed by atoms with Gasteiger partial charge in [-0.05, 0) is 48.6 Å². The molecule has 35 heavy (non-hydrogen) atoms. The number of amides is 1. The van der Waals surface area contributed by atoms with Crippen molar-refractivity contribution in [3.8, 4) is 5.75 Å². The molecule has 0 radical (unpaired) electrons. The summed E-state index contributed by atoms with van der Waals surface area (Å²) >= 11 is 30.5. The molecule has 0 aliphatic carbocycles. The predicted octanol–water partition coefficient (Wildman–Crippen LogP) is 6.92. The number of hydrogen-bond donors (Lipinski definition) is 1. The van der Waals surface area contributed by atoms with Crippen molar-refractivity contribution in [2.75, 3.05) is 16.9 Å². The zero-order valence-corrected chi connectivity index (χ0v) is 21.7. The highest BCUT2D eigenvalue weighted by molar-refractivity contribution is 7.81. The quantitative estimate of drug-likeness (QED) is 0.266. The van der Waals surface area contributed by atoms with E-state index in [0.29, 0.717) is 11.4 Å². The molecule has 0 aromatic heterocycles. The minimum absolute atomic E-state index is 0.0524. The number of hydrogen-bond acceptors (Lipinski definition) is 6. The van der Waals surface area contributed by atoms with E-state index in [-0.39, 0.29) is 36.6 Å². The van der Waals surface area contributed by atoms with Gasteiger partial charge in [-0.25, -0.2) is 0 Å². The molecule has 1 fully saturated rings. The van der Waals surface area contributed by atoms with Gasteiger partial charge in [-0.1, -0.05) is 70.7 Å². The van der Waals surface area contributed by atoms with Crippen LogP contribution in [0.2, 0.25) is 20.1 Å². The van der Waals surface area contributed by atoms with Crippen LogP contribution < -0.4 is 14.5 Å². The molecule has 180 valence electrons. The number of aliphatic hydroxyl groups is 1. The van der Waals surface area contributed by atoms with E-state index in [1.807, 2.05) is 0 Å². The molecule has 4 rings (SSSR count). The number of methoxy groups -OCH3 is 1. The monoisotopic (exact) mass is 568 g/mol. The first kappa shape index (κ1) is 25.6. The van der Waals surface area contributed by atoms with Gasteiger partial charge in [0.1, 0.15) is 11.4 Å². The molecule has 7 nitrogen and oxygen atoms in total. The maximum absolute atomic E-state index is 13.6. The molecule has 1 saturated heterocycles. The number of rotatable bonds is 5. The van der Waals surface area contributed by atoms with E-state index < -0.39 is 18.2 Å². The van der Waals surface area contributed by atoms with E-state index in [9.17, 15) is 9.90 Å². The smallest absolute Gasteiger partial charge is 0.264 e. The van der Waals surface area contributed by atoms with Crippen LogP contribution >= 0.6 is 58.6 Å². The fourth-order valence-corrected chi connectivity index (χ4v) is 4.59. The van der Waals surface area contributed by atoms with E-state index >= 15 is 0 Å². The first-order valence-electron chi connectivity index (χ1n) is 10.0. The minimum atomic E-state index is -1.53. The van der Waals surface area contributed by atoms with E-state index in [0.717, 1.165) is 4.90 Å². The van der Waals surface area contributed by atoms with E-state index in [2.05, 4.69) is 10.2 Å². The maximum atomic E-state index is 13.6. The second-order valence-corrected chi connectivity index (χ2v) is 9.15.